The summed E-state index contributed by atoms with van der Waals surface area (Å²) in [6.45, 7) is 2.32. The molecule has 29 heavy (non-hydrogen) atoms. The van der Waals surface area contributed by atoms with Crippen molar-refractivity contribution in [1.82, 2.24) is 14.8 Å². The van der Waals surface area contributed by atoms with Crippen molar-refractivity contribution in [3.63, 3.8) is 0 Å². The van der Waals surface area contributed by atoms with Crippen LogP contribution in [0.25, 0.3) is 10.7 Å². The molecule has 2 bridgehead atoms. The molecule has 8 heteroatoms. The van der Waals surface area contributed by atoms with E-state index in [2.05, 4.69) is 39.2 Å². The van der Waals surface area contributed by atoms with Crippen molar-refractivity contribution in [3.05, 3.63) is 38.9 Å². The fraction of sp³-hybridized carbons (Fsp3) is 0.476. The molecule has 3 aromatic rings. The monoisotopic (exact) mass is 463 g/mol. The van der Waals surface area contributed by atoms with Crippen LogP contribution in [0.4, 0.5) is 0 Å². The molecule has 0 aromatic carbocycles. The average Bonchev–Trinajstić information content (AvgIpc) is 3.53. The summed E-state index contributed by atoms with van der Waals surface area (Å²) in [4.78, 5) is 14.4. The van der Waals surface area contributed by atoms with Gasteiger partial charge in [-0.1, -0.05) is 35.9 Å². The van der Waals surface area contributed by atoms with E-state index in [0.29, 0.717) is 26.9 Å². The van der Waals surface area contributed by atoms with Gasteiger partial charge in [0.2, 0.25) is 0 Å². The van der Waals surface area contributed by atoms with Crippen LogP contribution in [0.2, 0.25) is 4.34 Å². The number of ketones is 1. The van der Waals surface area contributed by atoms with Crippen LogP contribution in [0, 0.1) is 17.8 Å². The highest BCUT2D eigenvalue weighted by atomic mass is 35.5. The number of nitrogens with zero attached hydrogens (tertiary/aromatic N) is 3. The highest BCUT2D eigenvalue weighted by molar-refractivity contribution is 7.99. The van der Waals surface area contributed by atoms with E-state index < -0.39 is 0 Å². The zero-order valence-electron chi connectivity index (χ0n) is 16.1. The first-order valence-electron chi connectivity index (χ1n) is 10.00. The zero-order valence-corrected chi connectivity index (χ0v) is 19.3. The molecule has 0 spiro atoms. The summed E-state index contributed by atoms with van der Waals surface area (Å²) < 4.78 is 2.95. The Balaban J connectivity index is 1.41. The molecule has 2 fully saturated rings. The van der Waals surface area contributed by atoms with E-state index in [1.54, 1.807) is 23.5 Å². The Morgan fingerprint density at radius 3 is 2.86 bits per heavy atom. The van der Waals surface area contributed by atoms with Crippen LogP contribution >= 0.6 is 46.0 Å². The third-order valence-electron chi connectivity index (χ3n) is 6.41. The van der Waals surface area contributed by atoms with E-state index in [9.17, 15) is 4.79 Å². The lowest BCUT2D eigenvalue weighted by molar-refractivity contribution is 0.102. The van der Waals surface area contributed by atoms with Gasteiger partial charge in [-0.15, -0.1) is 32.9 Å². The van der Waals surface area contributed by atoms with Gasteiger partial charge < -0.3 is 0 Å². The maximum absolute atomic E-state index is 12.6. The number of hydrogen-bond acceptors (Lipinski definition) is 6. The van der Waals surface area contributed by atoms with Crippen molar-refractivity contribution >= 4 is 51.8 Å². The lowest BCUT2D eigenvalue weighted by Crippen LogP contribution is -2.23. The van der Waals surface area contributed by atoms with Gasteiger partial charge in [0.05, 0.1) is 19.8 Å². The summed E-state index contributed by atoms with van der Waals surface area (Å²) in [5.41, 5.74) is 0. The van der Waals surface area contributed by atoms with Crippen molar-refractivity contribution in [1.29, 1.82) is 0 Å². The van der Waals surface area contributed by atoms with Gasteiger partial charge in [0, 0.05) is 6.04 Å². The quantitative estimate of drug-likeness (QED) is 0.289. The Hall–Kier alpha value is -1.15. The minimum absolute atomic E-state index is 0.0895. The van der Waals surface area contributed by atoms with Gasteiger partial charge in [-0.3, -0.25) is 9.36 Å². The maximum Gasteiger partial charge on any atom is 0.192 e. The van der Waals surface area contributed by atoms with Crippen LogP contribution in [-0.4, -0.2) is 26.3 Å². The van der Waals surface area contributed by atoms with Crippen LogP contribution in [0.15, 0.2) is 34.8 Å². The second-order valence-corrected chi connectivity index (χ2v) is 11.7. The molecule has 2 aliphatic rings. The molecular weight excluding hydrogens is 442 g/mol. The van der Waals surface area contributed by atoms with Crippen LogP contribution in [0.3, 0.4) is 0 Å². The normalized spacial score (nSPS) is 24.3. The summed E-state index contributed by atoms with van der Waals surface area (Å²) in [7, 11) is 0. The molecule has 152 valence electrons. The summed E-state index contributed by atoms with van der Waals surface area (Å²) in [5.74, 6) is 3.77. The second kappa shape index (κ2) is 8.17. The largest absolute Gasteiger partial charge is 0.298 e. The molecule has 3 heterocycles. The first-order valence-corrected chi connectivity index (χ1v) is 13.1. The Morgan fingerprint density at radius 1 is 1.31 bits per heavy atom. The summed E-state index contributed by atoms with van der Waals surface area (Å²) in [6, 6.07) is 8.07. The Morgan fingerprint density at radius 2 is 2.21 bits per heavy atom. The van der Waals surface area contributed by atoms with E-state index >= 15 is 0 Å². The Kier molecular flexibility index (Phi) is 5.58. The fourth-order valence-corrected chi connectivity index (χ4v) is 7.74. The second-order valence-electron chi connectivity index (χ2n) is 8.05. The van der Waals surface area contributed by atoms with Gasteiger partial charge in [-0.2, -0.15) is 0 Å². The molecule has 4 atom stereocenters. The molecule has 3 aromatic heterocycles. The smallest absolute Gasteiger partial charge is 0.192 e. The fourth-order valence-electron chi connectivity index (χ4n) is 5.06. The van der Waals surface area contributed by atoms with Crippen molar-refractivity contribution in [2.45, 2.75) is 43.8 Å². The molecule has 2 aliphatic carbocycles. The summed E-state index contributed by atoms with van der Waals surface area (Å²) >= 11 is 10.5. The third kappa shape index (κ3) is 3.82. The molecule has 2 saturated carbocycles. The molecule has 0 unspecified atom stereocenters. The number of thioether (sulfide) groups is 1. The summed E-state index contributed by atoms with van der Waals surface area (Å²) in [6.07, 6.45) is 5.44. The number of fused-ring (bicyclic) bond motifs is 2. The first-order chi connectivity index (χ1) is 14.1. The van der Waals surface area contributed by atoms with Crippen molar-refractivity contribution < 1.29 is 4.79 Å². The number of carbonyl (C=O) groups excluding carboxylic acids is 1. The van der Waals surface area contributed by atoms with Crippen LogP contribution in [0.1, 0.15) is 48.3 Å². The number of thiophene rings is 2. The Labute approximate surface area is 187 Å². The van der Waals surface area contributed by atoms with Gasteiger partial charge in [0.25, 0.3) is 0 Å². The molecule has 0 saturated heterocycles. The molecule has 4 nitrogen and oxygen atoms in total. The molecule has 5 rings (SSSR count). The standard InChI is InChI=1S/C21H22ClN3OS3/c1-12(15-10-13-4-5-14(15)9-13)25-20(18-3-2-8-27-18)23-24-21(25)28-11-16(26)17-6-7-19(22)29-17/h2-3,6-8,12-15H,4-5,9-11H2,1H3/t12-,13+,14+,15-/m1/s1. The van der Waals surface area contributed by atoms with Crippen molar-refractivity contribution in [3.8, 4) is 10.7 Å². The summed E-state index contributed by atoms with van der Waals surface area (Å²) in [5, 5.41) is 12.0. The third-order valence-corrected chi connectivity index (χ3v) is 9.49. The average molecular weight is 464 g/mol. The lowest BCUT2D eigenvalue weighted by Gasteiger charge is -2.30. The number of rotatable bonds is 7. The maximum atomic E-state index is 12.6. The van der Waals surface area contributed by atoms with E-state index in [0.717, 1.165) is 27.7 Å². The molecule has 0 aliphatic heterocycles. The highest BCUT2D eigenvalue weighted by Crippen LogP contribution is 2.53. The predicted molar refractivity (Wildman–Crippen MR) is 121 cm³/mol. The van der Waals surface area contributed by atoms with Crippen LogP contribution in [0.5, 0.6) is 0 Å². The van der Waals surface area contributed by atoms with E-state index in [4.69, 9.17) is 11.6 Å². The molecular formula is C21H22ClN3OS3. The van der Waals surface area contributed by atoms with Crippen LogP contribution < -0.4 is 0 Å². The van der Waals surface area contributed by atoms with Crippen molar-refractivity contribution in [2.24, 2.45) is 17.8 Å². The van der Waals surface area contributed by atoms with Crippen molar-refractivity contribution in [2.75, 3.05) is 5.75 Å². The number of Topliss-reactive ketones (excluding diaryl/α,β-unsaturated/α-hetero) is 1. The lowest BCUT2D eigenvalue weighted by atomic mass is 9.84. The molecule has 0 radical (unpaired) electrons. The number of aromatic nitrogens is 3. The number of carbonyl (C=O) groups is 1. The van der Waals surface area contributed by atoms with Gasteiger partial charge in [0.1, 0.15) is 0 Å². The number of halogens is 1. The minimum atomic E-state index is 0.0895. The minimum Gasteiger partial charge on any atom is -0.298 e. The van der Waals surface area contributed by atoms with Gasteiger partial charge in [-0.05, 0) is 67.5 Å². The highest BCUT2D eigenvalue weighted by Gasteiger charge is 2.43. The first kappa shape index (κ1) is 19.8. The van der Waals surface area contributed by atoms with Crippen LogP contribution in [-0.2, 0) is 0 Å². The SMILES string of the molecule is C[C@H]([C@H]1C[C@H]2CC[C@H]1C2)n1c(SCC(=O)c2ccc(Cl)s2)nnc1-c1cccs1. The zero-order chi connectivity index (χ0) is 20.0. The molecule has 0 N–H and O–H groups in total. The van der Waals surface area contributed by atoms with E-state index in [-0.39, 0.29) is 5.78 Å². The van der Waals surface area contributed by atoms with Gasteiger partial charge >= 0.3 is 0 Å². The van der Waals surface area contributed by atoms with E-state index in [1.165, 1.54) is 48.8 Å². The van der Waals surface area contributed by atoms with Gasteiger partial charge in [-0.25, -0.2) is 0 Å². The van der Waals surface area contributed by atoms with Gasteiger partial charge in [0.15, 0.2) is 16.8 Å². The topological polar surface area (TPSA) is 47.8 Å². The Bertz CT molecular complexity index is 1010. The number of hydrogen-bond donors (Lipinski definition) is 0. The van der Waals surface area contributed by atoms with E-state index in [1.807, 2.05) is 0 Å². The predicted octanol–water partition coefficient (Wildman–Crippen LogP) is 6.69. The molecule has 0 amide bonds.